The highest BCUT2D eigenvalue weighted by atomic mass is 19.4. The van der Waals surface area contributed by atoms with Gasteiger partial charge in [-0.1, -0.05) is 30.3 Å². The van der Waals surface area contributed by atoms with E-state index in [9.17, 15) is 18.0 Å². The van der Waals surface area contributed by atoms with Crippen molar-refractivity contribution < 1.29 is 18.0 Å². The number of fused-ring (bicyclic) bond motifs is 1. The molecule has 2 saturated heterocycles. The monoisotopic (exact) mass is 298 g/mol. The maximum atomic E-state index is 12.5. The first-order valence-electron chi connectivity index (χ1n) is 7.09. The van der Waals surface area contributed by atoms with Crippen LogP contribution in [0.5, 0.6) is 0 Å². The zero-order valence-electron chi connectivity index (χ0n) is 11.5. The molecule has 6 heteroatoms. The first-order chi connectivity index (χ1) is 9.95. The van der Waals surface area contributed by atoms with E-state index < -0.39 is 12.1 Å². The Morgan fingerprint density at radius 1 is 1.19 bits per heavy atom. The van der Waals surface area contributed by atoms with Crippen LogP contribution >= 0.6 is 0 Å². The minimum Gasteiger partial charge on any atom is -0.333 e. The lowest BCUT2D eigenvalue weighted by atomic mass is 10.0. The van der Waals surface area contributed by atoms with Gasteiger partial charge < -0.3 is 4.90 Å². The lowest BCUT2D eigenvalue weighted by molar-refractivity contribution is -0.184. The Hall–Kier alpha value is -1.56. The number of nitrogens with zero attached hydrogens (tertiary/aromatic N) is 2. The number of carbonyl (C=O) groups excluding carboxylic acids is 1. The SMILES string of the molecule is O=C(N1C[C@H]2CCN(Cc3ccccc3)[C@H]2C1)C(F)(F)F. The summed E-state index contributed by atoms with van der Waals surface area (Å²) in [5, 5.41) is 0. The van der Waals surface area contributed by atoms with E-state index in [1.54, 1.807) is 0 Å². The third-order valence-corrected chi connectivity index (χ3v) is 4.42. The summed E-state index contributed by atoms with van der Waals surface area (Å²) in [6.45, 7) is 2.04. The van der Waals surface area contributed by atoms with Gasteiger partial charge in [0, 0.05) is 25.7 Å². The molecule has 0 N–H and O–H groups in total. The van der Waals surface area contributed by atoms with E-state index >= 15 is 0 Å². The van der Waals surface area contributed by atoms with Crippen LogP contribution in [0, 0.1) is 5.92 Å². The number of hydrogen-bond donors (Lipinski definition) is 0. The number of rotatable bonds is 2. The van der Waals surface area contributed by atoms with Gasteiger partial charge in [0.1, 0.15) is 0 Å². The van der Waals surface area contributed by atoms with Gasteiger partial charge in [-0.05, 0) is 24.4 Å². The fraction of sp³-hybridized carbons (Fsp3) is 0.533. The first-order valence-corrected chi connectivity index (χ1v) is 7.09. The number of carbonyl (C=O) groups is 1. The van der Waals surface area contributed by atoms with E-state index in [1.165, 1.54) is 0 Å². The molecule has 3 nitrogen and oxygen atoms in total. The average Bonchev–Trinajstić information content (AvgIpc) is 3.00. The van der Waals surface area contributed by atoms with Crippen molar-refractivity contribution in [3.63, 3.8) is 0 Å². The van der Waals surface area contributed by atoms with Crippen molar-refractivity contribution in [3.8, 4) is 0 Å². The molecule has 2 fully saturated rings. The Balaban J connectivity index is 1.65. The zero-order chi connectivity index (χ0) is 15.0. The van der Waals surface area contributed by atoms with E-state index in [0.29, 0.717) is 0 Å². The lowest BCUT2D eigenvalue weighted by Gasteiger charge is -2.25. The highest BCUT2D eigenvalue weighted by Gasteiger charge is 2.49. The molecule has 0 aromatic heterocycles. The second-order valence-corrected chi connectivity index (χ2v) is 5.78. The molecule has 0 unspecified atom stereocenters. The molecule has 0 bridgehead atoms. The molecule has 3 rings (SSSR count). The van der Waals surface area contributed by atoms with Crippen molar-refractivity contribution in [2.24, 2.45) is 5.92 Å². The van der Waals surface area contributed by atoms with Crippen molar-refractivity contribution in [3.05, 3.63) is 35.9 Å². The third kappa shape index (κ3) is 2.90. The molecule has 2 aliphatic rings. The van der Waals surface area contributed by atoms with Gasteiger partial charge in [-0.25, -0.2) is 0 Å². The van der Waals surface area contributed by atoms with Crippen LogP contribution in [-0.2, 0) is 11.3 Å². The largest absolute Gasteiger partial charge is 0.471 e. The molecule has 2 aliphatic heterocycles. The van der Waals surface area contributed by atoms with Crippen molar-refractivity contribution in [2.45, 2.75) is 25.2 Å². The Morgan fingerprint density at radius 3 is 2.57 bits per heavy atom. The summed E-state index contributed by atoms with van der Waals surface area (Å²) < 4.78 is 37.5. The summed E-state index contributed by atoms with van der Waals surface area (Å²) in [4.78, 5) is 14.5. The number of halogens is 3. The van der Waals surface area contributed by atoms with Crippen LogP contribution in [0.4, 0.5) is 13.2 Å². The summed E-state index contributed by atoms with van der Waals surface area (Å²) >= 11 is 0. The highest BCUT2D eigenvalue weighted by molar-refractivity contribution is 5.82. The molecule has 2 atom stereocenters. The Bertz CT molecular complexity index is 517. The number of likely N-dealkylation sites (tertiary alicyclic amines) is 2. The van der Waals surface area contributed by atoms with Gasteiger partial charge in [-0.2, -0.15) is 13.2 Å². The summed E-state index contributed by atoms with van der Waals surface area (Å²) in [7, 11) is 0. The zero-order valence-corrected chi connectivity index (χ0v) is 11.5. The molecular formula is C15H17F3N2O. The van der Waals surface area contributed by atoms with E-state index in [1.807, 2.05) is 30.3 Å². The van der Waals surface area contributed by atoms with Crippen molar-refractivity contribution in [1.29, 1.82) is 0 Å². The smallest absolute Gasteiger partial charge is 0.333 e. The molecule has 1 aromatic rings. The summed E-state index contributed by atoms with van der Waals surface area (Å²) in [6, 6.07) is 9.93. The molecule has 0 radical (unpaired) electrons. The van der Waals surface area contributed by atoms with Crippen LogP contribution in [0.2, 0.25) is 0 Å². The summed E-state index contributed by atoms with van der Waals surface area (Å²) in [5.74, 6) is -1.53. The maximum absolute atomic E-state index is 12.5. The van der Waals surface area contributed by atoms with Gasteiger partial charge in [0.15, 0.2) is 0 Å². The van der Waals surface area contributed by atoms with Gasteiger partial charge in [0.05, 0.1) is 0 Å². The van der Waals surface area contributed by atoms with E-state index in [2.05, 4.69) is 4.90 Å². The average molecular weight is 298 g/mol. The molecular weight excluding hydrogens is 281 g/mol. The normalized spacial score (nSPS) is 26.1. The summed E-state index contributed by atoms with van der Waals surface area (Å²) in [6.07, 6.45) is -3.90. The summed E-state index contributed by atoms with van der Waals surface area (Å²) in [5.41, 5.74) is 1.15. The maximum Gasteiger partial charge on any atom is 0.471 e. The van der Waals surface area contributed by atoms with Crippen LogP contribution in [0.25, 0.3) is 0 Å². The number of alkyl halides is 3. The molecule has 2 heterocycles. The van der Waals surface area contributed by atoms with Gasteiger partial charge in [0.2, 0.25) is 0 Å². The van der Waals surface area contributed by atoms with Crippen LogP contribution < -0.4 is 0 Å². The van der Waals surface area contributed by atoms with Crippen molar-refractivity contribution >= 4 is 5.91 Å². The molecule has 114 valence electrons. The molecule has 0 spiro atoms. The molecule has 0 saturated carbocycles. The first kappa shape index (κ1) is 14.4. The van der Waals surface area contributed by atoms with Crippen LogP contribution in [0.15, 0.2) is 30.3 Å². The number of benzene rings is 1. The topological polar surface area (TPSA) is 23.6 Å². The fourth-order valence-corrected chi connectivity index (χ4v) is 3.41. The fourth-order valence-electron chi connectivity index (χ4n) is 3.41. The number of hydrogen-bond acceptors (Lipinski definition) is 2. The van der Waals surface area contributed by atoms with Gasteiger partial charge in [0.25, 0.3) is 0 Å². The van der Waals surface area contributed by atoms with Crippen molar-refractivity contribution in [1.82, 2.24) is 9.80 Å². The van der Waals surface area contributed by atoms with Crippen LogP contribution in [-0.4, -0.2) is 47.6 Å². The standard InChI is InChI=1S/C15H17F3N2O/c16-15(17,18)14(21)20-9-12-6-7-19(13(12)10-20)8-11-4-2-1-3-5-11/h1-5,12-13H,6-10H2/t12-,13+/m1/s1. The molecule has 1 aromatic carbocycles. The second-order valence-electron chi connectivity index (χ2n) is 5.78. The lowest BCUT2D eigenvalue weighted by Crippen LogP contribution is -2.42. The van der Waals surface area contributed by atoms with E-state index in [4.69, 9.17) is 0 Å². The van der Waals surface area contributed by atoms with Crippen molar-refractivity contribution in [2.75, 3.05) is 19.6 Å². The van der Waals surface area contributed by atoms with E-state index in [-0.39, 0.29) is 25.0 Å². The Labute approximate surface area is 121 Å². The molecule has 1 amide bonds. The minimum absolute atomic E-state index is 0.0523. The van der Waals surface area contributed by atoms with Crippen LogP contribution in [0.3, 0.4) is 0 Å². The third-order valence-electron chi connectivity index (χ3n) is 4.42. The predicted octanol–water partition coefficient (Wildman–Crippen LogP) is 2.28. The van der Waals surface area contributed by atoms with Gasteiger partial charge in [-0.3, -0.25) is 9.69 Å². The molecule has 21 heavy (non-hydrogen) atoms. The predicted molar refractivity (Wildman–Crippen MR) is 71.4 cm³/mol. The Kier molecular flexibility index (Phi) is 3.65. The van der Waals surface area contributed by atoms with Gasteiger partial charge in [-0.15, -0.1) is 0 Å². The van der Waals surface area contributed by atoms with E-state index in [0.717, 1.165) is 30.0 Å². The van der Waals surface area contributed by atoms with Crippen LogP contribution in [0.1, 0.15) is 12.0 Å². The minimum atomic E-state index is -4.76. The number of amides is 1. The van der Waals surface area contributed by atoms with Gasteiger partial charge >= 0.3 is 12.1 Å². The quantitative estimate of drug-likeness (QED) is 0.836. The second kappa shape index (κ2) is 5.33. The Morgan fingerprint density at radius 2 is 1.90 bits per heavy atom. The molecule has 0 aliphatic carbocycles. The highest BCUT2D eigenvalue weighted by Crippen LogP contribution is 2.34.